The molecule has 0 atom stereocenters. The van der Waals surface area contributed by atoms with E-state index in [2.05, 4.69) is 50.0 Å². The third-order valence-electron chi connectivity index (χ3n) is 4.52. The summed E-state index contributed by atoms with van der Waals surface area (Å²) in [5.41, 5.74) is 5.51. The zero-order valence-corrected chi connectivity index (χ0v) is 17.2. The first-order chi connectivity index (χ1) is 13.6. The lowest BCUT2D eigenvalue weighted by atomic mass is 9.88. The van der Waals surface area contributed by atoms with Crippen LogP contribution >= 0.6 is 0 Å². The van der Waals surface area contributed by atoms with E-state index in [-0.39, 0.29) is 5.75 Å². The number of hydrogen-bond acceptors (Lipinski definition) is 3. The standard InChI is InChI=1S/C25H31NO2/c1-5-7-8-19(3)24(6-2)25(20-9-13-22(27)14-10-20)21-11-15-23(16-12-21)28-18-17-26-4/h7-16,26-27H,3,5-6,17-18H2,1-2,4H3/b8-7-,25-24-. The van der Waals surface area contributed by atoms with Gasteiger partial charge in [0.1, 0.15) is 18.1 Å². The Balaban J connectivity index is 2.48. The van der Waals surface area contributed by atoms with E-state index in [4.69, 9.17) is 4.74 Å². The minimum Gasteiger partial charge on any atom is -0.508 e. The first-order valence-electron chi connectivity index (χ1n) is 9.86. The van der Waals surface area contributed by atoms with Gasteiger partial charge in [-0.05, 0) is 72.0 Å². The summed E-state index contributed by atoms with van der Waals surface area (Å²) in [6.45, 7) is 10.0. The topological polar surface area (TPSA) is 41.5 Å². The zero-order chi connectivity index (χ0) is 20.4. The highest BCUT2D eigenvalue weighted by atomic mass is 16.5. The SMILES string of the molecule is C=C(/C=C\CC)/C(CC)=C(/c1ccc(O)cc1)c1ccc(OCCNC)cc1. The van der Waals surface area contributed by atoms with Crippen LogP contribution in [0.25, 0.3) is 5.57 Å². The van der Waals surface area contributed by atoms with Gasteiger partial charge < -0.3 is 15.2 Å². The molecule has 0 aliphatic rings. The summed E-state index contributed by atoms with van der Waals surface area (Å²) < 4.78 is 5.75. The second kappa shape index (κ2) is 11.2. The highest BCUT2D eigenvalue weighted by Gasteiger charge is 2.13. The van der Waals surface area contributed by atoms with E-state index in [1.165, 1.54) is 5.57 Å². The number of likely N-dealkylation sites (N-methyl/N-ethyl adjacent to an activating group) is 1. The highest BCUT2D eigenvalue weighted by Crippen LogP contribution is 2.33. The van der Waals surface area contributed by atoms with E-state index >= 15 is 0 Å². The molecule has 0 amide bonds. The van der Waals surface area contributed by atoms with Crippen LogP contribution in [0.1, 0.15) is 37.8 Å². The van der Waals surface area contributed by atoms with Crippen LogP contribution in [0, 0.1) is 0 Å². The van der Waals surface area contributed by atoms with Gasteiger partial charge in [-0.1, -0.05) is 56.8 Å². The van der Waals surface area contributed by atoms with Crippen molar-refractivity contribution in [1.82, 2.24) is 5.32 Å². The number of ether oxygens (including phenoxy) is 1. The first kappa shape index (κ1) is 21.5. The average molecular weight is 378 g/mol. The van der Waals surface area contributed by atoms with Crippen LogP contribution in [0.4, 0.5) is 0 Å². The Labute approximate surface area is 169 Å². The van der Waals surface area contributed by atoms with Gasteiger partial charge in [0.2, 0.25) is 0 Å². The van der Waals surface area contributed by atoms with Gasteiger partial charge in [0.05, 0.1) is 0 Å². The number of hydrogen-bond donors (Lipinski definition) is 2. The molecule has 28 heavy (non-hydrogen) atoms. The van der Waals surface area contributed by atoms with Gasteiger partial charge in [0.15, 0.2) is 0 Å². The van der Waals surface area contributed by atoms with E-state index in [1.54, 1.807) is 12.1 Å². The van der Waals surface area contributed by atoms with Gasteiger partial charge >= 0.3 is 0 Å². The molecule has 0 fully saturated rings. The van der Waals surface area contributed by atoms with Crippen LogP contribution < -0.4 is 10.1 Å². The molecule has 2 aromatic carbocycles. The summed E-state index contributed by atoms with van der Waals surface area (Å²) in [6, 6.07) is 15.5. The van der Waals surface area contributed by atoms with Crippen molar-refractivity contribution < 1.29 is 9.84 Å². The van der Waals surface area contributed by atoms with Gasteiger partial charge in [-0.15, -0.1) is 0 Å². The molecule has 2 rings (SSSR count). The lowest BCUT2D eigenvalue weighted by molar-refractivity contribution is 0.318. The van der Waals surface area contributed by atoms with Crippen molar-refractivity contribution in [3.63, 3.8) is 0 Å². The van der Waals surface area contributed by atoms with Crippen LogP contribution in [0.3, 0.4) is 0 Å². The molecule has 0 saturated carbocycles. The first-order valence-corrected chi connectivity index (χ1v) is 9.86. The Kier molecular flexibility index (Phi) is 8.57. The van der Waals surface area contributed by atoms with Crippen LogP contribution in [-0.2, 0) is 0 Å². The summed E-state index contributed by atoms with van der Waals surface area (Å²) in [7, 11) is 1.91. The van der Waals surface area contributed by atoms with E-state index in [0.717, 1.165) is 47.4 Å². The lowest BCUT2D eigenvalue weighted by Gasteiger charge is -2.17. The molecule has 0 spiro atoms. The van der Waals surface area contributed by atoms with Crippen molar-refractivity contribution >= 4 is 5.57 Å². The van der Waals surface area contributed by atoms with Crippen molar-refractivity contribution in [3.05, 3.63) is 89.5 Å². The summed E-state index contributed by atoms with van der Waals surface area (Å²) in [5.74, 6) is 1.12. The fraction of sp³-hybridized carbons (Fsp3) is 0.280. The predicted octanol–water partition coefficient (Wildman–Crippen LogP) is 5.72. The molecule has 0 bridgehead atoms. The minimum atomic E-state index is 0.263. The quantitative estimate of drug-likeness (QED) is 0.411. The molecule has 2 aromatic rings. The molecule has 0 aliphatic carbocycles. The highest BCUT2D eigenvalue weighted by molar-refractivity contribution is 5.85. The molecule has 0 radical (unpaired) electrons. The Morgan fingerprint density at radius 1 is 1.04 bits per heavy atom. The number of rotatable bonds is 10. The van der Waals surface area contributed by atoms with Crippen molar-refractivity contribution in [2.24, 2.45) is 0 Å². The number of nitrogens with one attached hydrogen (secondary N) is 1. The maximum Gasteiger partial charge on any atom is 0.119 e. The van der Waals surface area contributed by atoms with Gasteiger partial charge in [-0.3, -0.25) is 0 Å². The Bertz CT molecular complexity index is 815. The Hall–Kier alpha value is -2.78. The number of aromatic hydroxyl groups is 1. The Morgan fingerprint density at radius 3 is 2.18 bits per heavy atom. The second-order valence-electron chi connectivity index (χ2n) is 6.57. The number of phenolic OH excluding ortho intramolecular Hbond substituents is 1. The van der Waals surface area contributed by atoms with Crippen LogP contribution in [-0.4, -0.2) is 25.3 Å². The van der Waals surface area contributed by atoms with E-state index in [1.807, 2.05) is 31.3 Å². The average Bonchev–Trinajstić information content (AvgIpc) is 2.72. The minimum absolute atomic E-state index is 0.263. The maximum absolute atomic E-state index is 9.70. The summed E-state index contributed by atoms with van der Waals surface area (Å²) >= 11 is 0. The number of allylic oxidation sites excluding steroid dienone is 4. The maximum atomic E-state index is 9.70. The smallest absolute Gasteiger partial charge is 0.119 e. The van der Waals surface area contributed by atoms with Crippen LogP contribution in [0.5, 0.6) is 11.5 Å². The van der Waals surface area contributed by atoms with Crippen LogP contribution in [0.15, 0.2) is 78.4 Å². The van der Waals surface area contributed by atoms with Gasteiger partial charge in [0.25, 0.3) is 0 Å². The van der Waals surface area contributed by atoms with Crippen LogP contribution in [0.2, 0.25) is 0 Å². The molecule has 2 N–H and O–H groups in total. The molecule has 3 heteroatoms. The summed E-state index contributed by atoms with van der Waals surface area (Å²) in [6.07, 6.45) is 6.06. The van der Waals surface area contributed by atoms with Crippen molar-refractivity contribution in [1.29, 1.82) is 0 Å². The molecule has 0 aliphatic heterocycles. The van der Waals surface area contributed by atoms with Crippen molar-refractivity contribution in [2.75, 3.05) is 20.2 Å². The largest absolute Gasteiger partial charge is 0.508 e. The fourth-order valence-electron chi connectivity index (χ4n) is 3.06. The molecule has 3 nitrogen and oxygen atoms in total. The third-order valence-corrected chi connectivity index (χ3v) is 4.52. The van der Waals surface area contributed by atoms with Gasteiger partial charge in [-0.25, -0.2) is 0 Å². The lowest BCUT2D eigenvalue weighted by Crippen LogP contribution is -2.15. The van der Waals surface area contributed by atoms with Gasteiger partial charge in [0, 0.05) is 6.54 Å². The second-order valence-corrected chi connectivity index (χ2v) is 6.57. The van der Waals surface area contributed by atoms with Crippen molar-refractivity contribution in [2.45, 2.75) is 26.7 Å². The third kappa shape index (κ3) is 5.86. The van der Waals surface area contributed by atoms with Gasteiger partial charge in [-0.2, -0.15) is 0 Å². The predicted molar refractivity (Wildman–Crippen MR) is 119 cm³/mol. The molecule has 0 unspecified atom stereocenters. The number of phenols is 1. The van der Waals surface area contributed by atoms with E-state index in [9.17, 15) is 5.11 Å². The fourth-order valence-corrected chi connectivity index (χ4v) is 3.06. The zero-order valence-electron chi connectivity index (χ0n) is 17.2. The number of benzene rings is 2. The molecule has 148 valence electrons. The summed E-state index contributed by atoms with van der Waals surface area (Å²) in [5, 5.41) is 12.8. The molecular weight excluding hydrogens is 346 g/mol. The van der Waals surface area contributed by atoms with E-state index in [0.29, 0.717) is 6.61 Å². The van der Waals surface area contributed by atoms with E-state index < -0.39 is 0 Å². The van der Waals surface area contributed by atoms with Crippen molar-refractivity contribution in [3.8, 4) is 11.5 Å². The molecule has 0 aromatic heterocycles. The normalized spacial score (nSPS) is 12.1. The molecule has 0 heterocycles. The Morgan fingerprint density at radius 2 is 1.64 bits per heavy atom. The summed E-state index contributed by atoms with van der Waals surface area (Å²) in [4.78, 5) is 0. The monoisotopic (exact) mass is 377 g/mol. The molecular formula is C25H31NO2. The molecule has 0 saturated heterocycles.